The minimum absolute atomic E-state index is 0.0435. The summed E-state index contributed by atoms with van der Waals surface area (Å²) >= 11 is 0. The van der Waals surface area contributed by atoms with Gasteiger partial charge in [-0.1, -0.05) is 72.3 Å². The Morgan fingerprint density at radius 1 is 0.889 bits per heavy atom. The number of nitrogens with zero attached hydrogens (tertiary/aromatic N) is 4. The van der Waals surface area contributed by atoms with Gasteiger partial charge in [-0.2, -0.15) is 5.10 Å². The molecule has 3 aromatic carbocycles. The number of ether oxygens (including phenoxy) is 1. The van der Waals surface area contributed by atoms with E-state index in [0.717, 1.165) is 55.3 Å². The van der Waals surface area contributed by atoms with Crippen LogP contribution in [0.25, 0.3) is 0 Å². The third-order valence-electron chi connectivity index (χ3n) is 7.12. The van der Waals surface area contributed by atoms with Gasteiger partial charge in [0.2, 0.25) is 0 Å². The number of piperazine rings is 1. The van der Waals surface area contributed by atoms with Gasteiger partial charge in [-0.15, -0.1) is 0 Å². The molecule has 1 atom stereocenters. The van der Waals surface area contributed by atoms with Crippen molar-refractivity contribution in [1.29, 1.82) is 0 Å². The van der Waals surface area contributed by atoms with Crippen LogP contribution in [-0.4, -0.2) is 66.3 Å². The van der Waals surface area contributed by atoms with Gasteiger partial charge in [0.1, 0.15) is 5.75 Å². The molecule has 36 heavy (non-hydrogen) atoms. The summed E-state index contributed by atoms with van der Waals surface area (Å²) in [5.41, 5.74) is 5.48. The van der Waals surface area contributed by atoms with Crippen LogP contribution in [-0.2, 0) is 11.3 Å². The van der Waals surface area contributed by atoms with Crippen molar-refractivity contribution in [1.82, 2.24) is 14.8 Å². The molecule has 6 nitrogen and oxygen atoms in total. The Labute approximate surface area is 213 Å². The Morgan fingerprint density at radius 3 is 2.28 bits per heavy atom. The van der Waals surface area contributed by atoms with Crippen LogP contribution >= 0.6 is 0 Å². The van der Waals surface area contributed by atoms with Crippen molar-refractivity contribution in [3.8, 4) is 5.75 Å². The topological polar surface area (TPSA) is 48.4 Å². The molecule has 0 aromatic heterocycles. The van der Waals surface area contributed by atoms with Crippen LogP contribution in [0.3, 0.4) is 0 Å². The Hall–Kier alpha value is -3.48. The van der Waals surface area contributed by atoms with Crippen molar-refractivity contribution in [3.63, 3.8) is 0 Å². The van der Waals surface area contributed by atoms with E-state index in [0.29, 0.717) is 13.0 Å². The normalized spacial score (nSPS) is 18.8. The Kier molecular flexibility index (Phi) is 7.44. The minimum Gasteiger partial charge on any atom is -0.496 e. The summed E-state index contributed by atoms with van der Waals surface area (Å²) in [7, 11) is 1.67. The molecule has 1 amide bonds. The molecule has 0 aliphatic carbocycles. The summed E-state index contributed by atoms with van der Waals surface area (Å²) in [6.45, 7) is 7.09. The Bertz CT molecular complexity index is 1200. The highest BCUT2D eigenvalue weighted by molar-refractivity contribution is 6.05. The number of aryl methyl sites for hydroxylation is 1. The smallest absolute Gasteiger partial charge is 0.257 e. The highest BCUT2D eigenvalue weighted by Gasteiger charge is 2.35. The van der Waals surface area contributed by atoms with Crippen LogP contribution in [0.15, 0.2) is 84.0 Å². The van der Waals surface area contributed by atoms with Crippen LogP contribution in [0.4, 0.5) is 0 Å². The van der Waals surface area contributed by atoms with Crippen LogP contribution < -0.4 is 4.74 Å². The van der Waals surface area contributed by atoms with Gasteiger partial charge in [-0.05, 0) is 30.2 Å². The largest absolute Gasteiger partial charge is 0.496 e. The van der Waals surface area contributed by atoms with Gasteiger partial charge < -0.3 is 4.74 Å². The number of hydrogen-bond donors (Lipinski definition) is 0. The summed E-state index contributed by atoms with van der Waals surface area (Å²) in [4.78, 5) is 18.3. The maximum absolute atomic E-state index is 13.6. The molecule has 0 saturated carbocycles. The molecule has 2 aliphatic heterocycles. The summed E-state index contributed by atoms with van der Waals surface area (Å²) in [6.07, 6.45) is 0.667. The first-order valence-electron chi connectivity index (χ1n) is 12.7. The molecule has 1 fully saturated rings. The number of benzene rings is 3. The van der Waals surface area contributed by atoms with E-state index >= 15 is 0 Å². The lowest BCUT2D eigenvalue weighted by Crippen LogP contribution is -2.49. The van der Waals surface area contributed by atoms with Crippen molar-refractivity contribution in [3.05, 3.63) is 101 Å². The average molecular weight is 483 g/mol. The second kappa shape index (κ2) is 11.1. The van der Waals surface area contributed by atoms with Gasteiger partial charge in [0.15, 0.2) is 0 Å². The van der Waals surface area contributed by atoms with Crippen LogP contribution in [0, 0.1) is 6.92 Å². The lowest BCUT2D eigenvalue weighted by Gasteiger charge is -2.35. The molecule has 3 aromatic rings. The molecular formula is C30H34N4O2. The Morgan fingerprint density at radius 2 is 1.56 bits per heavy atom. The van der Waals surface area contributed by atoms with E-state index in [1.165, 1.54) is 11.1 Å². The van der Waals surface area contributed by atoms with E-state index < -0.39 is 0 Å². The first-order valence-corrected chi connectivity index (χ1v) is 12.7. The fourth-order valence-corrected chi connectivity index (χ4v) is 5.05. The number of carbonyl (C=O) groups is 1. The molecule has 6 heteroatoms. The van der Waals surface area contributed by atoms with E-state index in [9.17, 15) is 4.79 Å². The van der Waals surface area contributed by atoms with Gasteiger partial charge in [-0.3, -0.25) is 14.6 Å². The van der Waals surface area contributed by atoms with Gasteiger partial charge in [0, 0.05) is 44.7 Å². The lowest BCUT2D eigenvalue weighted by molar-refractivity contribution is -0.134. The van der Waals surface area contributed by atoms with Crippen molar-refractivity contribution < 1.29 is 9.53 Å². The second-order valence-corrected chi connectivity index (χ2v) is 9.65. The van der Waals surface area contributed by atoms with Crippen LogP contribution in [0.2, 0.25) is 0 Å². The van der Waals surface area contributed by atoms with E-state index in [1.807, 2.05) is 24.3 Å². The molecule has 1 unspecified atom stereocenters. The number of methoxy groups -OCH3 is 1. The minimum atomic E-state index is -0.114. The van der Waals surface area contributed by atoms with Gasteiger partial charge >= 0.3 is 0 Å². The molecule has 5 rings (SSSR count). The fourth-order valence-electron chi connectivity index (χ4n) is 5.05. The Balaban J connectivity index is 1.29. The molecule has 0 N–H and O–H groups in total. The van der Waals surface area contributed by atoms with Crippen molar-refractivity contribution in [2.75, 3.05) is 39.8 Å². The standard InChI is InChI=1S/C30H34N4O2/c1-23-12-14-25(15-13-23)28-20-27(26-10-6-7-11-29(26)36-2)31-34(28)30(35)22-33-18-16-32(17-19-33)21-24-8-4-3-5-9-24/h3-15,28H,16-22H2,1-2H3. The summed E-state index contributed by atoms with van der Waals surface area (Å²) in [5, 5.41) is 6.58. The zero-order valence-electron chi connectivity index (χ0n) is 21.1. The van der Waals surface area contributed by atoms with E-state index in [-0.39, 0.29) is 11.9 Å². The number of amides is 1. The number of hydrogen-bond acceptors (Lipinski definition) is 5. The summed E-state index contributed by atoms with van der Waals surface area (Å²) in [5.74, 6) is 0.824. The molecule has 0 spiro atoms. The molecule has 186 valence electrons. The number of carbonyl (C=O) groups excluding carboxylic acids is 1. The van der Waals surface area contributed by atoms with E-state index in [1.54, 1.807) is 12.1 Å². The number of hydrazone groups is 1. The quantitative estimate of drug-likeness (QED) is 0.498. The monoisotopic (exact) mass is 482 g/mol. The van der Waals surface area contributed by atoms with Crippen LogP contribution in [0.5, 0.6) is 5.75 Å². The molecule has 0 radical (unpaired) electrons. The first-order chi connectivity index (χ1) is 17.6. The zero-order chi connectivity index (χ0) is 24.9. The zero-order valence-corrected chi connectivity index (χ0v) is 21.1. The molecule has 2 aliphatic rings. The van der Waals surface area contributed by atoms with Crippen molar-refractivity contribution in [2.24, 2.45) is 5.10 Å². The molecular weight excluding hydrogens is 448 g/mol. The van der Waals surface area contributed by atoms with E-state index in [4.69, 9.17) is 9.84 Å². The number of para-hydroxylation sites is 1. The highest BCUT2D eigenvalue weighted by Crippen LogP contribution is 2.35. The summed E-state index contributed by atoms with van der Waals surface area (Å²) < 4.78 is 5.59. The number of rotatable bonds is 7. The van der Waals surface area contributed by atoms with Crippen LogP contribution in [0.1, 0.15) is 34.7 Å². The summed E-state index contributed by atoms with van der Waals surface area (Å²) in [6, 6.07) is 26.8. The lowest BCUT2D eigenvalue weighted by atomic mass is 9.97. The highest BCUT2D eigenvalue weighted by atomic mass is 16.5. The predicted molar refractivity (Wildman–Crippen MR) is 143 cm³/mol. The maximum Gasteiger partial charge on any atom is 0.257 e. The second-order valence-electron chi connectivity index (χ2n) is 9.65. The third-order valence-corrected chi connectivity index (χ3v) is 7.12. The fraction of sp³-hybridized carbons (Fsp3) is 0.333. The maximum atomic E-state index is 13.6. The van der Waals surface area contributed by atoms with Gasteiger partial charge in [0.25, 0.3) is 5.91 Å². The first kappa shape index (κ1) is 24.2. The molecule has 0 bridgehead atoms. The average Bonchev–Trinajstić information content (AvgIpc) is 3.36. The predicted octanol–water partition coefficient (Wildman–Crippen LogP) is 4.50. The van der Waals surface area contributed by atoms with Gasteiger partial charge in [0.05, 0.1) is 25.4 Å². The van der Waals surface area contributed by atoms with Crippen molar-refractivity contribution in [2.45, 2.75) is 25.9 Å². The van der Waals surface area contributed by atoms with Crippen molar-refractivity contribution >= 4 is 11.6 Å². The molecule has 1 saturated heterocycles. The van der Waals surface area contributed by atoms with E-state index in [2.05, 4.69) is 71.3 Å². The third kappa shape index (κ3) is 5.50. The van der Waals surface area contributed by atoms with Gasteiger partial charge in [-0.25, -0.2) is 5.01 Å². The SMILES string of the molecule is COc1ccccc1C1=NN(C(=O)CN2CCN(Cc3ccccc3)CC2)C(c2ccc(C)cc2)C1. The molecule has 2 heterocycles.